The number of benzene rings is 2. The summed E-state index contributed by atoms with van der Waals surface area (Å²) >= 11 is 5.79. The molecule has 1 aliphatic carbocycles. The summed E-state index contributed by atoms with van der Waals surface area (Å²) < 4.78 is 5.66. The maximum atomic E-state index is 12.0. The van der Waals surface area contributed by atoms with E-state index in [1.807, 2.05) is 30.3 Å². The van der Waals surface area contributed by atoms with Gasteiger partial charge in [0, 0.05) is 11.1 Å². The van der Waals surface area contributed by atoms with Gasteiger partial charge in [0.25, 0.3) is 5.91 Å². The summed E-state index contributed by atoms with van der Waals surface area (Å²) in [6.07, 6.45) is 8.67. The van der Waals surface area contributed by atoms with Crippen molar-refractivity contribution < 1.29 is 9.53 Å². The van der Waals surface area contributed by atoms with Crippen LogP contribution in [-0.2, 0) is 4.79 Å². The molecule has 2 aromatic rings. The summed E-state index contributed by atoms with van der Waals surface area (Å²) in [4.78, 5) is 12.0. The Labute approximate surface area is 217 Å². The molecule has 1 aliphatic heterocycles. The minimum absolute atomic E-state index is 0.0193. The van der Waals surface area contributed by atoms with E-state index < -0.39 is 0 Å². The van der Waals surface area contributed by atoms with Crippen LogP contribution in [0.5, 0.6) is 5.75 Å². The quantitative estimate of drug-likeness (QED) is 0.408. The first kappa shape index (κ1) is 27.5. The van der Waals surface area contributed by atoms with Crippen molar-refractivity contribution in [3.8, 4) is 5.75 Å². The number of ether oxygens (including phenoxy) is 1. The number of hydrogen-bond acceptors (Lipinski definition) is 3. The van der Waals surface area contributed by atoms with Crippen LogP contribution in [0.3, 0.4) is 0 Å². The third-order valence-electron chi connectivity index (χ3n) is 7.18. The van der Waals surface area contributed by atoms with Crippen LogP contribution in [0.4, 0.5) is 0 Å². The van der Waals surface area contributed by atoms with Crippen molar-refractivity contribution in [1.82, 2.24) is 10.6 Å². The Bertz CT molecular complexity index is 893. The van der Waals surface area contributed by atoms with Crippen molar-refractivity contribution in [3.63, 3.8) is 0 Å². The standard InChI is InChI=1S/C21H32N2O2.C9H11Cl/c1-2-3-16-4-5-18(14-16)17-6-8-20(9-7-17)25-15-21(24)23-19-10-12-22-13-11-19;1-7(2)8-4-3-5-9(10)6-8/h6-9,16,18-19,22H,2-5,10-15H2,1H3,(H,23,24);3-7H,1-2H3. The normalized spacial score (nSPS) is 20.3. The average molecular weight is 499 g/mol. The molecule has 35 heavy (non-hydrogen) atoms. The minimum Gasteiger partial charge on any atom is -0.484 e. The smallest absolute Gasteiger partial charge is 0.258 e. The SMILES string of the molecule is CC(C)c1cccc(Cl)c1.CCCC1CCC(c2ccc(OCC(=O)NC3CCNCC3)cc2)C1. The van der Waals surface area contributed by atoms with Gasteiger partial charge in [-0.1, -0.05) is 69.5 Å². The first-order valence-electron chi connectivity index (χ1n) is 13.4. The van der Waals surface area contributed by atoms with E-state index in [1.165, 1.54) is 43.2 Å². The van der Waals surface area contributed by atoms with Crippen LogP contribution < -0.4 is 15.4 Å². The van der Waals surface area contributed by atoms with Gasteiger partial charge in [-0.2, -0.15) is 0 Å². The molecule has 4 rings (SSSR count). The molecule has 0 radical (unpaired) electrons. The molecule has 2 aromatic carbocycles. The lowest BCUT2D eigenvalue weighted by molar-refractivity contribution is -0.123. The Morgan fingerprint density at radius 2 is 1.83 bits per heavy atom. The highest BCUT2D eigenvalue weighted by atomic mass is 35.5. The summed E-state index contributed by atoms with van der Waals surface area (Å²) in [6, 6.07) is 16.7. The van der Waals surface area contributed by atoms with Gasteiger partial charge >= 0.3 is 0 Å². The van der Waals surface area contributed by atoms with Gasteiger partial charge in [0.15, 0.2) is 6.61 Å². The third-order valence-corrected chi connectivity index (χ3v) is 7.41. The van der Waals surface area contributed by atoms with E-state index in [4.69, 9.17) is 16.3 Å². The molecule has 4 nitrogen and oxygen atoms in total. The topological polar surface area (TPSA) is 50.4 Å². The molecule has 0 spiro atoms. The van der Waals surface area contributed by atoms with Crippen molar-refractivity contribution in [2.45, 2.75) is 83.6 Å². The summed E-state index contributed by atoms with van der Waals surface area (Å²) in [5, 5.41) is 7.18. The molecule has 5 heteroatoms. The molecule has 1 heterocycles. The molecule has 2 unspecified atom stereocenters. The second kappa shape index (κ2) is 14.5. The van der Waals surface area contributed by atoms with Crippen LogP contribution in [0, 0.1) is 5.92 Å². The molecule has 192 valence electrons. The summed E-state index contributed by atoms with van der Waals surface area (Å²) in [5.74, 6) is 2.94. The van der Waals surface area contributed by atoms with E-state index in [9.17, 15) is 4.79 Å². The molecule has 1 saturated carbocycles. The fourth-order valence-corrected chi connectivity index (χ4v) is 5.33. The van der Waals surface area contributed by atoms with Gasteiger partial charge in [0.1, 0.15) is 5.75 Å². The van der Waals surface area contributed by atoms with E-state index in [2.05, 4.69) is 49.6 Å². The molecule has 2 aliphatic rings. The van der Waals surface area contributed by atoms with Crippen molar-refractivity contribution in [3.05, 3.63) is 64.7 Å². The largest absolute Gasteiger partial charge is 0.484 e. The predicted octanol–water partition coefficient (Wildman–Crippen LogP) is 7.08. The third kappa shape index (κ3) is 9.50. The Hall–Kier alpha value is -2.04. The molecule has 2 N–H and O–H groups in total. The lowest BCUT2D eigenvalue weighted by Crippen LogP contribution is -2.44. The number of carbonyl (C=O) groups excluding carboxylic acids is 1. The van der Waals surface area contributed by atoms with Gasteiger partial charge in [-0.25, -0.2) is 0 Å². The molecule has 0 aromatic heterocycles. The molecule has 0 bridgehead atoms. The van der Waals surface area contributed by atoms with Crippen molar-refractivity contribution in [2.75, 3.05) is 19.7 Å². The van der Waals surface area contributed by atoms with Crippen molar-refractivity contribution in [2.24, 2.45) is 5.92 Å². The molecular formula is C30H43ClN2O2. The van der Waals surface area contributed by atoms with Crippen LogP contribution in [0.2, 0.25) is 5.02 Å². The summed E-state index contributed by atoms with van der Waals surface area (Å²) in [5.41, 5.74) is 2.72. The number of nitrogens with one attached hydrogen (secondary N) is 2. The van der Waals surface area contributed by atoms with Gasteiger partial charge < -0.3 is 15.4 Å². The summed E-state index contributed by atoms with van der Waals surface area (Å²) in [6.45, 7) is 8.66. The number of piperidine rings is 1. The van der Waals surface area contributed by atoms with Gasteiger partial charge in [0.2, 0.25) is 0 Å². The highest BCUT2D eigenvalue weighted by Crippen LogP contribution is 2.40. The Morgan fingerprint density at radius 1 is 1.09 bits per heavy atom. The fourth-order valence-electron chi connectivity index (χ4n) is 5.13. The Balaban J connectivity index is 0.000000287. The van der Waals surface area contributed by atoms with Crippen LogP contribution in [0.25, 0.3) is 0 Å². The van der Waals surface area contributed by atoms with E-state index in [0.717, 1.165) is 42.6 Å². The van der Waals surface area contributed by atoms with Gasteiger partial charge in [-0.3, -0.25) is 4.79 Å². The van der Waals surface area contributed by atoms with E-state index >= 15 is 0 Å². The Morgan fingerprint density at radius 3 is 2.46 bits per heavy atom. The number of amides is 1. The van der Waals surface area contributed by atoms with Crippen molar-refractivity contribution in [1.29, 1.82) is 0 Å². The second-order valence-electron chi connectivity index (χ2n) is 10.3. The first-order valence-corrected chi connectivity index (χ1v) is 13.8. The first-order chi connectivity index (χ1) is 16.9. The van der Waals surface area contributed by atoms with Crippen LogP contribution in [0.15, 0.2) is 48.5 Å². The number of rotatable bonds is 8. The van der Waals surface area contributed by atoms with Gasteiger partial charge in [0.05, 0.1) is 0 Å². The van der Waals surface area contributed by atoms with Crippen LogP contribution in [-0.4, -0.2) is 31.6 Å². The average Bonchev–Trinajstić information content (AvgIpc) is 3.33. The van der Waals surface area contributed by atoms with Gasteiger partial charge in [-0.15, -0.1) is 0 Å². The lowest BCUT2D eigenvalue weighted by atomic mass is 9.95. The lowest BCUT2D eigenvalue weighted by Gasteiger charge is -2.23. The zero-order chi connectivity index (χ0) is 25.0. The molecule has 1 saturated heterocycles. The maximum Gasteiger partial charge on any atom is 0.258 e. The predicted molar refractivity (Wildman–Crippen MR) is 147 cm³/mol. The maximum absolute atomic E-state index is 12.0. The zero-order valence-corrected chi connectivity index (χ0v) is 22.4. The van der Waals surface area contributed by atoms with Crippen LogP contribution in [0.1, 0.15) is 88.7 Å². The highest BCUT2D eigenvalue weighted by Gasteiger charge is 2.25. The molecule has 2 fully saturated rings. The van der Waals surface area contributed by atoms with Crippen LogP contribution >= 0.6 is 11.6 Å². The summed E-state index contributed by atoms with van der Waals surface area (Å²) in [7, 11) is 0. The number of halogens is 1. The second-order valence-corrected chi connectivity index (χ2v) is 10.8. The minimum atomic E-state index is -0.0193. The number of hydrogen-bond donors (Lipinski definition) is 2. The van der Waals surface area contributed by atoms with E-state index in [0.29, 0.717) is 11.8 Å². The molecule has 2 atom stereocenters. The van der Waals surface area contributed by atoms with Crippen molar-refractivity contribution >= 4 is 17.5 Å². The molecular weight excluding hydrogens is 456 g/mol. The molecule has 1 amide bonds. The Kier molecular flexibility index (Phi) is 11.4. The van der Waals surface area contributed by atoms with Gasteiger partial charge in [-0.05, 0) is 98.3 Å². The van der Waals surface area contributed by atoms with E-state index in [-0.39, 0.29) is 18.6 Å². The highest BCUT2D eigenvalue weighted by molar-refractivity contribution is 6.30. The fraction of sp³-hybridized carbons (Fsp3) is 0.567. The zero-order valence-electron chi connectivity index (χ0n) is 21.7. The monoisotopic (exact) mass is 498 g/mol. The number of carbonyl (C=O) groups is 1. The van der Waals surface area contributed by atoms with E-state index in [1.54, 1.807) is 0 Å².